The lowest BCUT2D eigenvalue weighted by Crippen LogP contribution is -3.11. The molecule has 0 spiro atoms. The minimum atomic E-state index is -0.307. The highest BCUT2D eigenvalue weighted by Gasteiger charge is 2.31. The molecule has 1 unspecified atom stereocenters. The zero-order valence-corrected chi connectivity index (χ0v) is 17.4. The molecule has 0 bridgehead atoms. The summed E-state index contributed by atoms with van der Waals surface area (Å²) in [7, 11) is 1.62. The molecule has 1 amide bonds. The third-order valence-electron chi connectivity index (χ3n) is 4.85. The van der Waals surface area contributed by atoms with Crippen molar-refractivity contribution in [1.82, 2.24) is 0 Å². The number of hydrogen-bond donors (Lipinski definition) is 2. The number of amides is 1. The zero-order chi connectivity index (χ0) is 19.9. The van der Waals surface area contributed by atoms with E-state index in [1.165, 1.54) is 9.78 Å². The quantitative estimate of drug-likeness (QED) is 0.608. The smallest absolute Gasteiger partial charge is 0.287 e. The molecule has 0 fully saturated rings. The van der Waals surface area contributed by atoms with E-state index in [4.69, 9.17) is 4.74 Å². The predicted molar refractivity (Wildman–Crippen MR) is 115 cm³/mol. The van der Waals surface area contributed by atoms with E-state index in [-0.39, 0.29) is 11.9 Å². The molecule has 0 radical (unpaired) electrons. The minimum absolute atomic E-state index is 0.0245. The fourth-order valence-corrected chi connectivity index (χ4v) is 4.17. The molecule has 2 N–H and O–H groups in total. The number of benzene rings is 2. The van der Waals surface area contributed by atoms with Crippen molar-refractivity contribution < 1.29 is 14.4 Å². The van der Waals surface area contributed by atoms with E-state index in [1.54, 1.807) is 18.4 Å². The van der Waals surface area contributed by atoms with Gasteiger partial charge in [-0.3, -0.25) is 4.79 Å². The number of carbonyl (C=O) groups is 1. The molecule has 28 heavy (non-hydrogen) atoms. The van der Waals surface area contributed by atoms with Gasteiger partial charge in [0.05, 0.1) is 24.2 Å². The Labute approximate surface area is 170 Å². The Hall–Kier alpha value is -2.63. The topological polar surface area (TPSA) is 42.8 Å². The standard InChI is InChI=1S/C23H26N2O2S/c1-4-25(16-19-11-8-14-28-19)22(18-9-6-5-7-10-18)23(26)24-20-15-17(2)12-13-21(20)27-3/h5-15,22H,4,16H2,1-3H3,(H,24,26)/p+1/t22-/m0/s1. The monoisotopic (exact) mass is 395 g/mol. The average molecular weight is 396 g/mol. The number of methoxy groups -OCH3 is 1. The Kier molecular flexibility index (Phi) is 6.85. The lowest BCUT2D eigenvalue weighted by Gasteiger charge is -2.27. The van der Waals surface area contributed by atoms with Crippen molar-refractivity contribution in [3.05, 3.63) is 82.0 Å². The van der Waals surface area contributed by atoms with Crippen LogP contribution in [0.4, 0.5) is 5.69 Å². The number of nitrogens with one attached hydrogen (secondary N) is 2. The van der Waals surface area contributed by atoms with Crippen LogP contribution < -0.4 is 15.0 Å². The van der Waals surface area contributed by atoms with Crippen LogP contribution in [0.1, 0.15) is 29.0 Å². The Morgan fingerprint density at radius 2 is 1.93 bits per heavy atom. The zero-order valence-electron chi connectivity index (χ0n) is 16.6. The summed E-state index contributed by atoms with van der Waals surface area (Å²) < 4.78 is 5.44. The summed E-state index contributed by atoms with van der Waals surface area (Å²) in [6.07, 6.45) is 0. The van der Waals surface area contributed by atoms with Gasteiger partial charge in [0.25, 0.3) is 5.91 Å². The van der Waals surface area contributed by atoms with Crippen LogP contribution in [0.2, 0.25) is 0 Å². The normalized spacial score (nSPS) is 13.0. The van der Waals surface area contributed by atoms with Gasteiger partial charge in [-0.15, -0.1) is 11.3 Å². The SMILES string of the molecule is CC[NH+](Cc1cccs1)[C@H](C(=O)Nc1cc(C)ccc1OC)c1ccccc1. The Morgan fingerprint density at radius 3 is 2.57 bits per heavy atom. The van der Waals surface area contributed by atoms with Crippen LogP contribution in [0.15, 0.2) is 66.0 Å². The van der Waals surface area contributed by atoms with Gasteiger partial charge in [-0.2, -0.15) is 0 Å². The highest BCUT2D eigenvalue weighted by molar-refractivity contribution is 7.09. The van der Waals surface area contributed by atoms with Gasteiger partial charge in [0, 0.05) is 5.56 Å². The van der Waals surface area contributed by atoms with E-state index in [1.807, 2.05) is 55.5 Å². The van der Waals surface area contributed by atoms with Crippen molar-refractivity contribution in [3.8, 4) is 5.75 Å². The van der Waals surface area contributed by atoms with Crippen molar-refractivity contribution in [3.63, 3.8) is 0 Å². The molecule has 0 saturated carbocycles. The first kappa shape index (κ1) is 20.1. The van der Waals surface area contributed by atoms with E-state index in [9.17, 15) is 4.79 Å². The molecule has 1 heterocycles. The molecule has 0 aliphatic heterocycles. The summed E-state index contributed by atoms with van der Waals surface area (Å²) in [6, 6.07) is 19.7. The second-order valence-corrected chi connectivity index (χ2v) is 7.84. The molecule has 0 aliphatic rings. The number of ether oxygens (including phenoxy) is 1. The number of likely N-dealkylation sites (N-methyl/N-ethyl adjacent to an activating group) is 1. The molecule has 2 aromatic carbocycles. The summed E-state index contributed by atoms with van der Waals surface area (Å²) in [5, 5.41) is 5.20. The highest BCUT2D eigenvalue weighted by Crippen LogP contribution is 2.26. The van der Waals surface area contributed by atoms with E-state index in [0.717, 1.165) is 24.2 Å². The number of quaternary nitrogens is 1. The molecular weight excluding hydrogens is 368 g/mol. The maximum atomic E-state index is 13.4. The molecule has 2 atom stereocenters. The van der Waals surface area contributed by atoms with Gasteiger partial charge in [-0.25, -0.2) is 0 Å². The van der Waals surface area contributed by atoms with Gasteiger partial charge in [-0.05, 0) is 43.0 Å². The van der Waals surface area contributed by atoms with Crippen molar-refractivity contribution in [2.24, 2.45) is 0 Å². The summed E-state index contributed by atoms with van der Waals surface area (Å²) in [6.45, 7) is 5.78. The van der Waals surface area contributed by atoms with Crippen molar-refractivity contribution in [2.75, 3.05) is 19.0 Å². The Morgan fingerprint density at radius 1 is 1.14 bits per heavy atom. The van der Waals surface area contributed by atoms with Crippen LogP contribution in [0.5, 0.6) is 5.75 Å². The van der Waals surface area contributed by atoms with Gasteiger partial charge >= 0.3 is 0 Å². The first-order valence-electron chi connectivity index (χ1n) is 9.49. The first-order chi connectivity index (χ1) is 13.6. The lowest BCUT2D eigenvalue weighted by molar-refractivity contribution is -0.933. The minimum Gasteiger partial charge on any atom is -0.495 e. The maximum absolute atomic E-state index is 13.4. The molecule has 5 heteroatoms. The van der Waals surface area contributed by atoms with Crippen LogP contribution in [0.25, 0.3) is 0 Å². The second-order valence-electron chi connectivity index (χ2n) is 6.80. The van der Waals surface area contributed by atoms with Crippen molar-refractivity contribution >= 4 is 22.9 Å². The number of rotatable bonds is 8. The highest BCUT2D eigenvalue weighted by atomic mass is 32.1. The van der Waals surface area contributed by atoms with E-state index in [2.05, 4.69) is 29.8 Å². The van der Waals surface area contributed by atoms with E-state index < -0.39 is 0 Å². The fraction of sp³-hybridized carbons (Fsp3) is 0.261. The summed E-state index contributed by atoms with van der Waals surface area (Å²) in [4.78, 5) is 15.9. The van der Waals surface area contributed by atoms with E-state index in [0.29, 0.717) is 11.4 Å². The van der Waals surface area contributed by atoms with Crippen LogP contribution in [0.3, 0.4) is 0 Å². The molecule has 1 aromatic heterocycles. The molecule has 3 aromatic rings. The van der Waals surface area contributed by atoms with Crippen LogP contribution >= 0.6 is 11.3 Å². The van der Waals surface area contributed by atoms with Gasteiger partial charge in [0.1, 0.15) is 12.3 Å². The van der Waals surface area contributed by atoms with Crippen molar-refractivity contribution in [2.45, 2.75) is 26.4 Å². The number of thiophene rings is 1. The molecule has 146 valence electrons. The van der Waals surface area contributed by atoms with Crippen LogP contribution in [-0.2, 0) is 11.3 Å². The van der Waals surface area contributed by atoms with Crippen molar-refractivity contribution in [1.29, 1.82) is 0 Å². The molecular formula is C23H27N2O2S+. The maximum Gasteiger partial charge on any atom is 0.287 e. The number of aryl methyl sites for hydroxylation is 1. The van der Waals surface area contributed by atoms with E-state index >= 15 is 0 Å². The Balaban J connectivity index is 1.92. The van der Waals surface area contributed by atoms with Gasteiger partial charge < -0.3 is 15.0 Å². The summed E-state index contributed by atoms with van der Waals surface area (Å²) >= 11 is 1.73. The molecule has 0 saturated heterocycles. The van der Waals surface area contributed by atoms with Crippen LogP contribution in [0, 0.1) is 6.92 Å². The Bertz CT molecular complexity index is 894. The summed E-state index contributed by atoms with van der Waals surface area (Å²) in [5.74, 6) is 0.644. The third kappa shape index (κ3) is 4.80. The van der Waals surface area contributed by atoms with Gasteiger partial charge in [-0.1, -0.05) is 42.5 Å². The average Bonchev–Trinajstić information content (AvgIpc) is 3.21. The fourth-order valence-electron chi connectivity index (χ4n) is 3.41. The van der Waals surface area contributed by atoms with Gasteiger partial charge in [0.15, 0.2) is 6.04 Å². The lowest BCUT2D eigenvalue weighted by atomic mass is 10.0. The largest absolute Gasteiger partial charge is 0.495 e. The number of carbonyl (C=O) groups excluding carboxylic acids is 1. The van der Waals surface area contributed by atoms with Gasteiger partial charge in [0.2, 0.25) is 0 Å². The predicted octanol–water partition coefficient (Wildman–Crippen LogP) is 3.85. The molecule has 0 aliphatic carbocycles. The molecule has 3 rings (SSSR count). The third-order valence-corrected chi connectivity index (χ3v) is 5.73. The molecule has 4 nitrogen and oxygen atoms in total. The second kappa shape index (κ2) is 9.53. The van der Waals surface area contributed by atoms with Crippen LogP contribution in [-0.4, -0.2) is 19.6 Å². The first-order valence-corrected chi connectivity index (χ1v) is 10.4. The number of anilines is 1. The number of hydrogen-bond acceptors (Lipinski definition) is 3. The summed E-state index contributed by atoms with van der Waals surface area (Å²) in [5.41, 5.74) is 2.80.